The number of hydrogen-bond donors (Lipinski definition) is 2. The van der Waals surface area contributed by atoms with Crippen molar-refractivity contribution in [1.82, 2.24) is 5.32 Å². The summed E-state index contributed by atoms with van der Waals surface area (Å²) in [4.78, 5) is 12.3. The second kappa shape index (κ2) is 6.20. The number of anilines is 1. The molecule has 2 amide bonds. The average Bonchev–Trinajstić information content (AvgIpc) is 3.36. The lowest BCUT2D eigenvalue weighted by Crippen LogP contribution is -2.38. The van der Waals surface area contributed by atoms with Crippen LogP contribution in [-0.2, 0) is 5.54 Å². The van der Waals surface area contributed by atoms with Crippen molar-refractivity contribution in [3.05, 3.63) is 54.1 Å². The lowest BCUT2D eigenvalue weighted by molar-refractivity contribution is 0.247. The molecule has 2 aromatic rings. The first kappa shape index (κ1) is 15.2. The first-order valence-electron chi connectivity index (χ1n) is 7.53. The lowest BCUT2D eigenvalue weighted by atomic mass is 10.1. The highest BCUT2D eigenvalue weighted by Gasteiger charge is 2.45. The van der Waals surface area contributed by atoms with E-state index in [1.165, 1.54) is 0 Å². The number of ether oxygens (including phenoxy) is 2. The van der Waals surface area contributed by atoms with Gasteiger partial charge in [0.1, 0.15) is 0 Å². The van der Waals surface area contributed by atoms with Crippen LogP contribution in [0.5, 0.6) is 11.5 Å². The zero-order valence-electron chi connectivity index (χ0n) is 13.3. The summed E-state index contributed by atoms with van der Waals surface area (Å²) in [5, 5.41) is 5.92. The Bertz CT molecular complexity index is 697. The molecule has 5 heteroatoms. The molecular weight excluding hydrogens is 292 g/mol. The van der Waals surface area contributed by atoms with Gasteiger partial charge in [0.2, 0.25) is 0 Å². The first-order chi connectivity index (χ1) is 11.2. The number of methoxy groups -OCH3 is 2. The van der Waals surface area contributed by atoms with Crippen LogP contribution < -0.4 is 20.1 Å². The largest absolute Gasteiger partial charge is 0.493 e. The zero-order valence-corrected chi connectivity index (χ0v) is 13.3. The van der Waals surface area contributed by atoms with Gasteiger partial charge in [-0.25, -0.2) is 4.79 Å². The summed E-state index contributed by atoms with van der Waals surface area (Å²) in [7, 11) is 3.14. The highest BCUT2D eigenvalue weighted by Crippen LogP contribution is 2.45. The van der Waals surface area contributed by atoms with E-state index in [2.05, 4.69) is 10.6 Å². The Hall–Kier alpha value is -2.69. The average molecular weight is 312 g/mol. The van der Waals surface area contributed by atoms with E-state index in [-0.39, 0.29) is 11.6 Å². The molecule has 0 bridgehead atoms. The fraction of sp³-hybridized carbons (Fsp3) is 0.278. The maximum atomic E-state index is 12.3. The van der Waals surface area contributed by atoms with Gasteiger partial charge in [-0.2, -0.15) is 0 Å². The quantitative estimate of drug-likeness (QED) is 0.888. The molecule has 2 N–H and O–H groups in total. The summed E-state index contributed by atoms with van der Waals surface area (Å²) in [5.74, 6) is 1.20. The van der Waals surface area contributed by atoms with Crippen molar-refractivity contribution >= 4 is 11.7 Å². The van der Waals surface area contributed by atoms with Gasteiger partial charge in [0, 0.05) is 11.8 Å². The Morgan fingerprint density at radius 2 is 1.70 bits per heavy atom. The highest BCUT2D eigenvalue weighted by molar-refractivity contribution is 5.90. The molecule has 0 saturated heterocycles. The van der Waals surface area contributed by atoms with E-state index in [0.717, 1.165) is 18.4 Å². The molecule has 0 unspecified atom stereocenters. The van der Waals surface area contributed by atoms with Crippen LogP contribution in [0.15, 0.2) is 48.5 Å². The molecule has 1 saturated carbocycles. The predicted molar refractivity (Wildman–Crippen MR) is 89.1 cm³/mol. The monoisotopic (exact) mass is 312 g/mol. The van der Waals surface area contributed by atoms with E-state index in [0.29, 0.717) is 17.2 Å². The molecule has 5 nitrogen and oxygen atoms in total. The molecule has 1 fully saturated rings. The van der Waals surface area contributed by atoms with E-state index in [4.69, 9.17) is 9.47 Å². The minimum Gasteiger partial charge on any atom is -0.493 e. The standard InChI is InChI=1S/C18H20N2O3/c1-22-15-9-8-14(12-16(15)23-2)19-17(21)20-18(10-11-18)13-6-4-3-5-7-13/h3-9,12H,10-11H2,1-2H3,(H2,19,20,21). The maximum absolute atomic E-state index is 12.3. The van der Waals surface area contributed by atoms with Gasteiger partial charge in [0.15, 0.2) is 11.5 Å². The molecule has 1 aliphatic rings. The normalized spacial score (nSPS) is 14.7. The Kier molecular flexibility index (Phi) is 4.10. The van der Waals surface area contributed by atoms with Gasteiger partial charge in [0.25, 0.3) is 0 Å². The van der Waals surface area contributed by atoms with Crippen molar-refractivity contribution in [3.63, 3.8) is 0 Å². The summed E-state index contributed by atoms with van der Waals surface area (Å²) in [6, 6.07) is 15.1. The molecule has 0 aliphatic heterocycles. The van der Waals surface area contributed by atoms with Crippen LogP contribution >= 0.6 is 0 Å². The molecule has 0 atom stereocenters. The summed E-state index contributed by atoms with van der Waals surface area (Å²) in [5.41, 5.74) is 1.56. The van der Waals surface area contributed by atoms with E-state index >= 15 is 0 Å². The third-order valence-corrected chi connectivity index (χ3v) is 4.07. The molecule has 23 heavy (non-hydrogen) atoms. The van der Waals surface area contributed by atoms with Crippen LogP contribution in [0.2, 0.25) is 0 Å². The predicted octanol–water partition coefficient (Wildman–Crippen LogP) is 3.51. The van der Waals surface area contributed by atoms with Crippen LogP contribution in [0.25, 0.3) is 0 Å². The third kappa shape index (κ3) is 3.23. The topological polar surface area (TPSA) is 59.6 Å². The fourth-order valence-corrected chi connectivity index (χ4v) is 2.66. The van der Waals surface area contributed by atoms with Crippen molar-refractivity contribution in [2.45, 2.75) is 18.4 Å². The van der Waals surface area contributed by atoms with Crippen molar-refractivity contribution < 1.29 is 14.3 Å². The minimum atomic E-state index is -0.234. The van der Waals surface area contributed by atoms with E-state index in [9.17, 15) is 4.79 Å². The Balaban J connectivity index is 1.68. The number of amides is 2. The number of carbonyl (C=O) groups is 1. The van der Waals surface area contributed by atoms with Gasteiger partial charge in [-0.05, 0) is 30.5 Å². The number of carbonyl (C=O) groups excluding carboxylic acids is 1. The molecule has 2 aromatic carbocycles. The molecule has 120 valence electrons. The number of hydrogen-bond acceptors (Lipinski definition) is 3. The van der Waals surface area contributed by atoms with Gasteiger partial charge < -0.3 is 20.1 Å². The smallest absolute Gasteiger partial charge is 0.319 e. The fourth-order valence-electron chi connectivity index (χ4n) is 2.66. The van der Waals surface area contributed by atoms with Gasteiger partial charge in [-0.1, -0.05) is 30.3 Å². The molecule has 0 radical (unpaired) electrons. The van der Waals surface area contributed by atoms with Gasteiger partial charge in [-0.15, -0.1) is 0 Å². The van der Waals surface area contributed by atoms with Crippen LogP contribution in [0.4, 0.5) is 10.5 Å². The number of urea groups is 1. The van der Waals surface area contributed by atoms with E-state index in [1.54, 1.807) is 32.4 Å². The zero-order chi connectivity index (χ0) is 16.3. The van der Waals surface area contributed by atoms with Gasteiger partial charge in [-0.3, -0.25) is 0 Å². The van der Waals surface area contributed by atoms with Crippen LogP contribution in [-0.4, -0.2) is 20.3 Å². The Morgan fingerprint density at radius 3 is 2.30 bits per heavy atom. The first-order valence-corrected chi connectivity index (χ1v) is 7.53. The van der Waals surface area contributed by atoms with Gasteiger partial charge in [0.05, 0.1) is 19.8 Å². The summed E-state index contributed by atoms with van der Waals surface area (Å²) < 4.78 is 10.4. The van der Waals surface area contributed by atoms with Crippen molar-refractivity contribution in [1.29, 1.82) is 0 Å². The minimum absolute atomic E-state index is 0.224. The van der Waals surface area contributed by atoms with Crippen molar-refractivity contribution in [3.8, 4) is 11.5 Å². The number of nitrogens with one attached hydrogen (secondary N) is 2. The summed E-state index contributed by atoms with van der Waals surface area (Å²) >= 11 is 0. The maximum Gasteiger partial charge on any atom is 0.319 e. The van der Waals surface area contributed by atoms with Crippen LogP contribution in [0, 0.1) is 0 Å². The molecule has 1 aliphatic carbocycles. The van der Waals surface area contributed by atoms with Crippen LogP contribution in [0.1, 0.15) is 18.4 Å². The molecule has 0 heterocycles. The molecule has 0 spiro atoms. The molecular formula is C18H20N2O3. The van der Waals surface area contributed by atoms with Crippen molar-refractivity contribution in [2.75, 3.05) is 19.5 Å². The highest BCUT2D eigenvalue weighted by atomic mass is 16.5. The number of rotatable bonds is 5. The summed E-state index contributed by atoms with van der Waals surface area (Å²) in [6.07, 6.45) is 1.91. The lowest BCUT2D eigenvalue weighted by Gasteiger charge is -2.18. The van der Waals surface area contributed by atoms with E-state index < -0.39 is 0 Å². The number of benzene rings is 2. The second-order valence-corrected chi connectivity index (χ2v) is 5.60. The molecule has 3 rings (SSSR count). The second-order valence-electron chi connectivity index (χ2n) is 5.60. The van der Waals surface area contributed by atoms with Gasteiger partial charge >= 0.3 is 6.03 Å². The SMILES string of the molecule is COc1ccc(NC(=O)NC2(c3ccccc3)CC2)cc1OC. The van der Waals surface area contributed by atoms with Crippen LogP contribution in [0.3, 0.4) is 0 Å². The summed E-state index contributed by atoms with van der Waals surface area (Å²) in [6.45, 7) is 0. The Morgan fingerprint density at radius 1 is 1.00 bits per heavy atom. The Labute approximate surface area is 135 Å². The van der Waals surface area contributed by atoms with Crippen molar-refractivity contribution in [2.24, 2.45) is 0 Å². The van der Waals surface area contributed by atoms with E-state index in [1.807, 2.05) is 30.3 Å². The molecule has 0 aromatic heterocycles. The third-order valence-electron chi connectivity index (χ3n) is 4.07.